The van der Waals surface area contributed by atoms with Gasteiger partial charge in [0, 0.05) is 35.8 Å². The molecule has 4 rings (SSSR count). The summed E-state index contributed by atoms with van der Waals surface area (Å²) in [5, 5.41) is 1.39. The molecule has 1 amide bonds. The molecule has 0 spiro atoms. The number of hydrogen-bond acceptors (Lipinski definition) is 1. The van der Waals surface area contributed by atoms with Gasteiger partial charge in [0.25, 0.3) is 0 Å². The van der Waals surface area contributed by atoms with Crippen LogP contribution in [0.5, 0.6) is 0 Å². The van der Waals surface area contributed by atoms with Crippen LogP contribution in [0.3, 0.4) is 0 Å². The van der Waals surface area contributed by atoms with E-state index in [1.165, 1.54) is 53.4 Å². The molecule has 0 atom stereocenters. The average Bonchev–Trinajstić information content (AvgIpc) is 2.96. The van der Waals surface area contributed by atoms with Gasteiger partial charge in [-0.05, 0) is 55.4 Å². The van der Waals surface area contributed by atoms with Gasteiger partial charge >= 0.3 is 0 Å². The molecule has 2 aromatic rings. The Balaban J connectivity index is 1.92. The monoisotopic (exact) mass is 254 g/mol. The van der Waals surface area contributed by atoms with Crippen LogP contribution in [0.2, 0.25) is 0 Å². The highest BCUT2D eigenvalue weighted by atomic mass is 16.2. The number of benzene rings is 1. The summed E-state index contributed by atoms with van der Waals surface area (Å²) < 4.78 is 0. The van der Waals surface area contributed by atoms with Gasteiger partial charge in [-0.1, -0.05) is 0 Å². The smallest absolute Gasteiger partial charge is 0.223 e. The van der Waals surface area contributed by atoms with Gasteiger partial charge < -0.3 is 9.88 Å². The van der Waals surface area contributed by atoms with Crippen molar-refractivity contribution in [3.05, 3.63) is 29.0 Å². The highest BCUT2D eigenvalue weighted by molar-refractivity contribution is 5.98. The number of H-pyrrole nitrogens is 1. The summed E-state index contributed by atoms with van der Waals surface area (Å²) in [5.41, 5.74) is 6.58. The van der Waals surface area contributed by atoms with Gasteiger partial charge in [0.15, 0.2) is 0 Å². The van der Waals surface area contributed by atoms with Crippen LogP contribution >= 0.6 is 0 Å². The van der Waals surface area contributed by atoms with E-state index in [2.05, 4.69) is 17.1 Å². The van der Waals surface area contributed by atoms with E-state index in [1.807, 2.05) is 4.90 Å². The van der Waals surface area contributed by atoms with Crippen LogP contribution in [-0.4, -0.2) is 17.4 Å². The lowest BCUT2D eigenvalue weighted by atomic mass is 9.95. The van der Waals surface area contributed by atoms with Crippen molar-refractivity contribution in [1.82, 2.24) is 4.98 Å². The highest BCUT2D eigenvalue weighted by Crippen LogP contribution is 2.36. The van der Waals surface area contributed by atoms with Crippen molar-refractivity contribution >= 4 is 22.5 Å². The van der Waals surface area contributed by atoms with Gasteiger partial charge in [-0.3, -0.25) is 4.79 Å². The van der Waals surface area contributed by atoms with E-state index in [9.17, 15) is 4.79 Å². The van der Waals surface area contributed by atoms with Crippen LogP contribution in [0.15, 0.2) is 12.1 Å². The SMILES string of the molecule is CC(=O)N1CCc2cc3c4c([nH]c3cc21)CCCC4. The minimum Gasteiger partial charge on any atom is -0.358 e. The minimum atomic E-state index is 0.148. The van der Waals surface area contributed by atoms with Crippen LogP contribution in [0.1, 0.15) is 36.6 Å². The number of nitrogens with one attached hydrogen (secondary N) is 1. The van der Waals surface area contributed by atoms with Crippen molar-refractivity contribution in [2.45, 2.75) is 39.0 Å². The van der Waals surface area contributed by atoms with Gasteiger partial charge in [0.05, 0.1) is 0 Å². The molecular formula is C16H18N2O. The Morgan fingerprint density at radius 3 is 2.89 bits per heavy atom. The van der Waals surface area contributed by atoms with E-state index < -0.39 is 0 Å². The molecule has 98 valence electrons. The molecule has 3 nitrogen and oxygen atoms in total. The molecule has 0 fully saturated rings. The molecule has 2 heterocycles. The van der Waals surface area contributed by atoms with Crippen LogP contribution < -0.4 is 4.90 Å². The maximum absolute atomic E-state index is 11.7. The third-order valence-corrected chi connectivity index (χ3v) is 4.57. The maximum Gasteiger partial charge on any atom is 0.223 e. The summed E-state index contributed by atoms with van der Waals surface area (Å²) in [5.74, 6) is 0.148. The number of nitrogens with zero attached hydrogens (tertiary/aromatic N) is 1. The fraction of sp³-hybridized carbons (Fsp3) is 0.438. The Morgan fingerprint density at radius 2 is 2.05 bits per heavy atom. The van der Waals surface area contributed by atoms with Crippen LogP contribution in [-0.2, 0) is 24.1 Å². The number of aryl methyl sites for hydroxylation is 2. The lowest BCUT2D eigenvalue weighted by molar-refractivity contribution is -0.116. The lowest BCUT2D eigenvalue weighted by Crippen LogP contribution is -2.25. The largest absolute Gasteiger partial charge is 0.358 e. The summed E-state index contributed by atoms with van der Waals surface area (Å²) in [6, 6.07) is 4.49. The van der Waals surface area contributed by atoms with Crippen molar-refractivity contribution in [2.24, 2.45) is 0 Å². The standard InChI is InChI=1S/C16H18N2O/c1-10(19)18-7-6-11-8-13-12-4-2-3-5-14(12)17-15(13)9-16(11)18/h8-9,17H,2-7H2,1H3. The fourth-order valence-electron chi connectivity index (χ4n) is 3.62. The van der Waals surface area contributed by atoms with E-state index in [1.54, 1.807) is 6.92 Å². The van der Waals surface area contributed by atoms with Crippen molar-refractivity contribution < 1.29 is 4.79 Å². The first-order chi connectivity index (χ1) is 9.24. The number of rotatable bonds is 0. The Kier molecular flexibility index (Phi) is 2.25. The second-order valence-corrected chi connectivity index (χ2v) is 5.74. The Labute approximate surface area is 112 Å². The highest BCUT2D eigenvalue weighted by Gasteiger charge is 2.24. The normalized spacial score (nSPS) is 17.6. The second kappa shape index (κ2) is 3.86. The van der Waals surface area contributed by atoms with Crippen LogP contribution in [0.4, 0.5) is 5.69 Å². The van der Waals surface area contributed by atoms with E-state index in [0.717, 1.165) is 18.7 Å². The van der Waals surface area contributed by atoms with E-state index >= 15 is 0 Å². The molecule has 0 bridgehead atoms. The molecule has 2 aliphatic rings. The molecule has 0 unspecified atom stereocenters. The fourth-order valence-corrected chi connectivity index (χ4v) is 3.62. The maximum atomic E-state index is 11.7. The molecule has 0 saturated carbocycles. The predicted octanol–water partition coefficient (Wildman–Crippen LogP) is 2.96. The Bertz CT molecular complexity index is 684. The molecule has 1 N–H and O–H groups in total. The van der Waals surface area contributed by atoms with Gasteiger partial charge in [0.2, 0.25) is 5.91 Å². The van der Waals surface area contributed by atoms with Crippen molar-refractivity contribution in [2.75, 3.05) is 11.4 Å². The number of aromatic amines is 1. The van der Waals surface area contributed by atoms with Gasteiger partial charge in [0.1, 0.15) is 0 Å². The molecule has 3 heteroatoms. The second-order valence-electron chi connectivity index (χ2n) is 5.74. The number of carbonyl (C=O) groups excluding carboxylic acids is 1. The zero-order chi connectivity index (χ0) is 13.0. The zero-order valence-electron chi connectivity index (χ0n) is 11.3. The van der Waals surface area contributed by atoms with Gasteiger partial charge in [-0.15, -0.1) is 0 Å². The molecule has 0 saturated heterocycles. The number of fused-ring (bicyclic) bond motifs is 4. The van der Waals surface area contributed by atoms with Crippen LogP contribution in [0, 0.1) is 0 Å². The third kappa shape index (κ3) is 1.54. The molecule has 1 aromatic heterocycles. The van der Waals surface area contributed by atoms with E-state index in [0.29, 0.717) is 0 Å². The van der Waals surface area contributed by atoms with Gasteiger partial charge in [-0.2, -0.15) is 0 Å². The number of hydrogen-bond donors (Lipinski definition) is 1. The number of anilines is 1. The molecular weight excluding hydrogens is 236 g/mol. The predicted molar refractivity (Wildman–Crippen MR) is 76.7 cm³/mol. The Morgan fingerprint density at radius 1 is 1.21 bits per heavy atom. The molecule has 1 aromatic carbocycles. The molecule has 1 aliphatic heterocycles. The quantitative estimate of drug-likeness (QED) is 0.771. The van der Waals surface area contributed by atoms with E-state index in [4.69, 9.17) is 0 Å². The third-order valence-electron chi connectivity index (χ3n) is 4.57. The van der Waals surface area contributed by atoms with Crippen LogP contribution in [0.25, 0.3) is 10.9 Å². The average molecular weight is 254 g/mol. The molecule has 0 radical (unpaired) electrons. The summed E-state index contributed by atoms with van der Waals surface area (Å²) >= 11 is 0. The van der Waals surface area contributed by atoms with Gasteiger partial charge in [-0.25, -0.2) is 0 Å². The Hall–Kier alpha value is -1.77. The first-order valence-corrected chi connectivity index (χ1v) is 7.18. The van der Waals surface area contributed by atoms with E-state index in [-0.39, 0.29) is 5.91 Å². The van der Waals surface area contributed by atoms with Crippen molar-refractivity contribution in [3.8, 4) is 0 Å². The zero-order valence-corrected chi connectivity index (χ0v) is 11.3. The summed E-state index contributed by atoms with van der Waals surface area (Å²) in [6.45, 7) is 2.48. The van der Waals surface area contributed by atoms with Crippen molar-refractivity contribution in [3.63, 3.8) is 0 Å². The summed E-state index contributed by atoms with van der Waals surface area (Å²) in [7, 11) is 0. The first kappa shape index (κ1) is 11.1. The summed E-state index contributed by atoms with van der Waals surface area (Å²) in [4.78, 5) is 17.1. The molecule has 1 aliphatic carbocycles. The minimum absolute atomic E-state index is 0.148. The number of carbonyl (C=O) groups is 1. The lowest BCUT2D eigenvalue weighted by Gasteiger charge is -2.14. The number of aromatic nitrogens is 1. The first-order valence-electron chi connectivity index (χ1n) is 7.18. The molecule has 19 heavy (non-hydrogen) atoms. The summed E-state index contributed by atoms with van der Waals surface area (Å²) in [6.07, 6.45) is 5.95. The van der Waals surface area contributed by atoms with Crippen molar-refractivity contribution in [1.29, 1.82) is 0 Å². The topological polar surface area (TPSA) is 36.1 Å². The number of amides is 1.